The molecule has 47 heavy (non-hydrogen) atoms. The molecule has 250 valence electrons. The summed E-state index contributed by atoms with van der Waals surface area (Å²) in [5.41, 5.74) is 0.852. The van der Waals surface area contributed by atoms with Gasteiger partial charge in [-0.05, 0) is 37.9 Å². The number of aromatic nitrogens is 3. The van der Waals surface area contributed by atoms with Gasteiger partial charge in [-0.15, -0.1) is 0 Å². The topological polar surface area (TPSA) is 125 Å². The van der Waals surface area contributed by atoms with Crippen molar-refractivity contribution in [2.24, 2.45) is 5.41 Å². The molecule has 3 aromatic rings. The third-order valence-electron chi connectivity index (χ3n) is 9.17. The number of nitrogens with zero attached hydrogens (tertiary/aromatic N) is 6. The third kappa shape index (κ3) is 5.87. The average Bonchev–Trinajstić information content (AvgIpc) is 3.36. The number of piperazine rings is 1. The molecule has 16 heteroatoms. The van der Waals surface area contributed by atoms with Crippen molar-refractivity contribution in [1.82, 2.24) is 25.2 Å². The lowest BCUT2D eigenvalue weighted by atomic mass is 9.78. The SMILES string of the molecule is COc1nc(-c2c(C#N)c(N)cc(Cl)c2C(F)(F)F)c(F)c2nc(OC[C@]3(C)CN(C)CC/C3=C\F)nc(N3C[C@H]4CC[C@@H](C3)N4)c12. The molecule has 3 fully saturated rings. The number of hydrogen-bond donors (Lipinski definition) is 2. The number of alkyl halides is 3. The summed E-state index contributed by atoms with van der Waals surface area (Å²) in [5, 5.41) is 12.5. The summed E-state index contributed by atoms with van der Waals surface area (Å²) in [7, 11) is 3.13. The van der Waals surface area contributed by atoms with Crippen LogP contribution >= 0.6 is 11.6 Å². The van der Waals surface area contributed by atoms with Gasteiger partial charge in [-0.25, -0.2) is 13.8 Å². The van der Waals surface area contributed by atoms with E-state index in [1.165, 1.54) is 7.11 Å². The molecule has 3 N–H and O–H groups in total. The Balaban J connectivity index is 1.58. The highest BCUT2D eigenvalue weighted by Crippen LogP contribution is 2.47. The number of likely N-dealkylation sites (tertiary alicyclic amines) is 1. The Morgan fingerprint density at radius 1 is 1.23 bits per heavy atom. The zero-order valence-electron chi connectivity index (χ0n) is 25.8. The van der Waals surface area contributed by atoms with Crippen molar-refractivity contribution in [2.45, 2.75) is 44.4 Å². The van der Waals surface area contributed by atoms with Gasteiger partial charge in [0, 0.05) is 49.2 Å². The molecule has 0 saturated carbocycles. The highest BCUT2D eigenvalue weighted by Gasteiger charge is 2.41. The maximum Gasteiger partial charge on any atom is 0.418 e. The van der Waals surface area contributed by atoms with Gasteiger partial charge in [-0.1, -0.05) is 18.5 Å². The minimum atomic E-state index is -5.11. The molecule has 0 spiro atoms. The second-order valence-electron chi connectivity index (χ2n) is 12.5. The zero-order chi connectivity index (χ0) is 33.8. The minimum absolute atomic E-state index is 0.0115. The predicted molar refractivity (Wildman–Crippen MR) is 165 cm³/mol. The van der Waals surface area contributed by atoms with E-state index >= 15 is 4.39 Å². The van der Waals surface area contributed by atoms with Crippen LogP contribution in [0.15, 0.2) is 18.0 Å². The lowest BCUT2D eigenvalue weighted by Crippen LogP contribution is -2.51. The Morgan fingerprint density at radius 2 is 1.94 bits per heavy atom. The number of anilines is 2. The van der Waals surface area contributed by atoms with Crippen molar-refractivity contribution in [3.63, 3.8) is 0 Å². The molecular weight excluding hydrogens is 647 g/mol. The Bertz CT molecular complexity index is 1800. The molecule has 3 aliphatic heterocycles. The first-order chi connectivity index (χ1) is 22.3. The number of nitrogen functional groups attached to an aromatic ring is 1. The van der Waals surface area contributed by atoms with E-state index < -0.39 is 56.0 Å². The van der Waals surface area contributed by atoms with Crippen molar-refractivity contribution in [1.29, 1.82) is 5.26 Å². The summed E-state index contributed by atoms with van der Waals surface area (Å²) in [6.45, 7) is 3.88. The number of nitriles is 1. The zero-order valence-corrected chi connectivity index (χ0v) is 26.6. The lowest BCUT2D eigenvalue weighted by molar-refractivity contribution is -0.137. The molecule has 3 atom stereocenters. The maximum atomic E-state index is 16.8. The van der Waals surface area contributed by atoms with Crippen LogP contribution in [0.4, 0.5) is 33.5 Å². The second kappa shape index (κ2) is 12.2. The van der Waals surface area contributed by atoms with Crippen molar-refractivity contribution in [3.8, 4) is 29.2 Å². The number of hydrogen-bond acceptors (Lipinski definition) is 10. The van der Waals surface area contributed by atoms with Crippen LogP contribution in [-0.2, 0) is 6.18 Å². The van der Waals surface area contributed by atoms with Gasteiger partial charge in [-0.2, -0.15) is 28.4 Å². The number of fused-ring (bicyclic) bond motifs is 3. The molecule has 3 aliphatic rings. The van der Waals surface area contributed by atoms with E-state index in [0.717, 1.165) is 18.9 Å². The molecular formula is C31H32ClF5N8O2. The number of pyridine rings is 1. The van der Waals surface area contributed by atoms with Crippen LogP contribution in [-0.4, -0.2) is 78.9 Å². The number of methoxy groups -OCH3 is 1. The fourth-order valence-electron chi connectivity index (χ4n) is 6.92. The molecule has 0 amide bonds. The second-order valence-corrected chi connectivity index (χ2v) is 12.9. The van der Waals surface area contributed by atoms with Crippen molar-refractivity contribution in [3.05, 3.63) is 39.9 Å². The Kier molecular flexibility index (Phi) is 8.56. The van der Waals surface area contributed by atoms with Gasteiger partial charge in [0.2, 0.25) is 5.88 Å². The Morgan fingerprint density at radius 3 is 2.55 bits per heavy atom. The summed E-state index contributed by atoms with van der Waals surface area (Å²) in [6.07, 6.45) is -2.23. The van der Waals surface area contributed by atoms with Crippen molar-refractivity contribution in [2.75, 3.05) is 57.6 Å². The molecule has 5 heterocycles. The molecule has 0 unspecified atom stereocenters. The fraction of sp³-hybridized carbons (Fsp3) is 0.484. The third-order valence-corrected chi connectivity index (χ3v) is 9.47. The van der Waals surface area contributed by atoms with Crippen LogP contribution < -0.4 is 25.4 Å². The monoisotopic (exact) mass is 678 g/mol. The predicted octanol–water partition coefficient (Wildman–Crippen LogP) is 5.48. The van der Waals surface area contributed by atoms with Gasteiger partial charge in [0.25, 0.3) is 0 Å². The number of benzene rings is 1. The minimum Gasteiger partial charge on any atom is -0.480 e. The smallest absolute Gasteiger partial charge is 0.418 e. The van der Waals surface area contributed by atoms with E-state index in [-0.39, 0.29) is 41.8 Å². The highest BCUT2D eigenvalue weighted by atomic mass is 35.5. The number of halogens is 6. The van der Waals surface area contributed by atoms with Crippen LogP contribution in [0.5, 0.6) is 11.9 Å². The van der Waals surface area contributed by atoms with Gasteiger partial charge in [0.15, 0.2) is 5.82 Å². The summed E-state index contributed by atoms with van der Waals surface area (Å²) in [5.74, 6) is -1.35. The lowest BCUT2D eigenvalue weighted by Gasteiger charge is -2.40. The number of piperidine rings is 1. The first-order valence-electron chi connectivity index (χ1n) is 14.9. The number of rotatable bonds is 6. The first kappa shape index (κ1) is 32.9. The number of nitrogens with two attached hydrogens (primary N) is 1. The standard InChI is InChI=1S/C31H32ClF5N8O2/c1-30(13-44(2)7-6-15(30)9-33)14-47-29-42-26-22(27(43-29)45-11-16-4-5-17(12-45)40-16)28(46-3)41-25(24(26)34)21-18(10-38)20(39)8-19(32)23(21)31(35,36)37/h8-9,16-17,40H,4-7,11-14,39H2,1-3H3/b15-9+/t16-,17+,30-/m0/s1. The fourth-order valence-corrected chi connectivity index (χ4v) is 7.24. The Labute approximate surface area is 272 Å². The highest BCUT2D eigenvalue weighted by molar-refractivity contribution is 6.32. The molecule has 10 nitrogen and oxygen atoms in total. The summed E-state index contributed by atoms with van der Waals surface area (Å²) >= 11 is 6.01. The molecule has 2 aromatic heterocycles. The van der Waals surface area contributed by atoms with Crippen LogP contribution in [0, 0.1) is 22.6 Å². The number of ether oxygens (including phenoxy) is 2. The van der Waals surface area contributed by atoms with Gasteiger partial charge in [0.1, 0.15) is 35.1 Å². The van der Waals surface area contributed by atoms with Gasteiger partial charge in [0.05, 0.1) is 35.3 Å². The molecule has 6 rings (SSSR count). The normalized spacial score (nSPS) is 24.2. The van der Waals surface area contributed by atoms with E-state index in [2.05, 4.69) is 20.3 Å². The van der Waals surface area contributed by atoms with E-state index in [4.69, 9.17) is 26.8 Å². The first-order valence-corrected chi connectivity index (χ1v) is 15.3. The Hall–Kier alpha value is -4.00. The summed E-state index contributed by atoms with van der Waals surface area (Å²) < 4.78 is 85.6. The van der Waals surface area contributed by atoms with Crippen LogP contribution in [0.1, 0.15) is 37.3 Å². The largest absolute Gasteiger partial charge is 0.480 e. The van der Waals surface area contributed by atoms with Crippen LogP contribution in [0.3, 0.4) is 0 Å². The van der Waals surface area contributed by atoms with E-state index in [1.54, 1.807) is 6.07 Å². The van der Waals surface area contributed by atoms with Gasteiger partial charge >= 0.3 is 12.2 Å². The maximum absolute atomic E-state index is 16.8. The van der Waals surface area contributed by atoms with E-state index in [9.17, 15) is 22.8 Å². The molecule has 0 radical (unpaired) electrons. The molecule has 3 saturated heterocycles. The van der Waals surface area contributed by atoms with Crippen LogP contribution in [0.2, 0.25) is 5.02 Å². The molecule has 0 aliphatic carbocycles. The van der Waals surface area contributed by atoms with Gasteiger partial charge in [-0.3, -0.25) is 0 Å². The van der Waals surface area contributed by atoms with Crippen molar-refractivity contribution < 1.29 is 31.4 Å². The van der Waals surface area contributed by atoms with E-state index in [0.29, 0.717) is 44.5 Å². The van der Waals surface area contributed by atoms with Crippen LogP contribution in [0.25, 0.3) is 22.2 Å². The average molecular weight is 679 g/mol. The summed E-state index contributed by atoms with van der Waals surface area (Å²) in [6, 6.07) is 2.41. The quantitative estimate of drug-likeness (QED) is 0.256. The molecule has 1 aromatic carbocycles. The van der Waals surface area contributed by atoms with Crippen molar-refractivity contribution >= 4 is 34.0 Å². The number of nitrogens with one attached hydrogen (secondary N) is 1. The van der Waals surface area contributed by atoms with E-state index in [1.807, 2.05) is 23.8 Å². The summed E-state index contributed by atoms with van der Waals surface area (Å²) in [4.78, 5) is 17.1. The van der Waals surface area contributed by atoms with Gasteiger partial charge < -0.3 is 30.3 Å². The molecule has 2 bridgehead atoms.